The minimum atomic E-state index is 0.00694. The zero-order valence-corrected chi connectivity index (χ0v) is 8.31. The van der Waals surface area contributed by atoms with E-state index < -0.39 is 0 Å². The Hall–Kier alpha value is -0.0800. The summed E-state index contributed by atoms with van der Waals surface area (Å²) >= 11 is 0. The van der Waals surface area contributed by atoms with Gasteiger partial charge in [-0.25, -0.2) is 0 Å². The molecule has 12 heavy (non-hydrogen) atoms. The van der Waals surface area contributed by atoms with Crippen molar-refractivity contribution in [3.8, 4) is 0 Å². The highest BCUT2D eigenvalue weighted by atomic mass is 16.5. The van der Waals surface area contributed by atoms with Gasteiger partial charge in [-0.2, -0.15) is 0 Å². The number of hydrogen-bond donors (Lipinski definition) is 1. The third kappa shape index (κ3) is 1.64. The van der Waals surface area contributed by atoms with Gasteiger partial charge in [-0.1, -0.05) is 26.2 Å². The van der Waals surface area contributed by atoms with Crippen molar-refractivity contribution in [1.29, 1.82) is 0 Å². The molecule has 2 heteroatoms. The molecule has 0 aromatic heterocycles. The maximum Gasteiger partial charge on any atom is 0.0828 e. The number of methoxy groups -OCH3 is 1. The van der Waals surface area contributed by atoms with E-state index in [9.17, 15) is 0 Å². The normalized spacial score (nSPS) is 36.8. The Bertz CT molecular complexity index is 132. The molecule has 1 aliphatic carbocycles. The van der Waals surface area contributed by atoms with Crippen molar-refractivity contribution in [2.75, 3.05) is 13.7 Å². The topological polar surface area (TPSA) is 35.2 Å². The van der Waals surface area contributed by atoms with Crippen LogP contribution >= 0.6 is 0 Å². The Morgan fingerprint density at radius 3 is 2.67 bits per heavy atom. The minimum Gasteiger partial charge on any atom is -0.377 e. The first-order valence-electron chi connectivity index (χ1n) is 5.04. The highest BCUT2D eigenvalue weighted by molar-refractivity contribution is 4.91. The third-order valence-electron chi connectivity index (χ3n) is 3.39. The molecule has 0 radical (unpaired) electrons. The third-order valence-corrected chi connectivity index (χ3v) is 3.39. The smallest absolute Gasteiger partial charge is 0.0828 e. The van der Waals surface area contributed by atoms with E-state index in [2.05, 4.69) is 6.92 Å². The van der Waals surface area contributed by atoms with Crippen LogP contribution in [0.3, 0.4) is 0 Å². The summed E-state index contributed by atoms with van der Waals surface area (Å²) in [5.74, 6) is 0.682. The van der Waals surface area contributed by atoms with Crippen molar-refractivity contribution >= 4 is 0 Å². The van der Waals surface area contributed by atoms with E-state index in [1.54, 1.807) is 7.11 Å². The lowest BCUT2D eigenvalue weighted by Crippen LogP contribution is -2.48. The molecular formula is C10H21NO. The van der Waals surface area contributed by atoms with Crippen molar-refractivity contribution in [3.05, 3.63) is 0 Å². The summed E-state index contributed by atoms with van der Waals surface area (Å²) in [5, 5.41) is 0. The van der Waals surface area contributed by atoms with Crippen LogP contribution in [0.5, 0.6) is 0 Å². The highest BCUT2D eigenvalue weighted by Gasteiger charge is 2.38. The summed E-state index contributed by atoms with van der Waals surface area (Å²) in [5.41, 5.74) is 5.80. The Labute approximate surface area is 75.5 Å². The molecule has 1 saturated carbocycles. The van der Waals surface area contributed by atoms with Crippen molar-refractivity contribution in [3.63, 3.8) is 0 Å². The van der Waals surface area contributed by atoms with Gasteiger partial charge in [-0.15, -0.1) is 0 Å². The van der Waals surface area contributed by atoms with Crippen molar-refractivity contribution < 1.29 is 4.74 Å². The highest BCUT2D eigenvalue weighted by Crippen LogP contribution is 2.37. The van der Waals surface area contributed by atoms with Crippen LogP contribution in [-0.2, 0) is 4.74 Å². The van der Waals surface area contributed by atoms with Crippen LogP contribution < -0.4 is 5.73 Å². The lowest BCUT2D eigenvalue weighted by molar-refractivity contribution is -0.0765. The first-order valence-corrected chi connectivity index (χ1v) is 5.04. The van der Waals surface area contributed by atoms with E-state index in [0.29, 0.717) is 12.5 Å². The van der Waals surface area contributed by atoms with Gasteiger partial charge in [-0.3, -0.25) is 0 Å². The number of ether oxygens (including phenoxy) is 1. The van der Waals surface area contributed by atoms with E-state index in [-0.39, 0.29) is 5.60 Å². The van der Waals surface area contributed by atoms with Crippen molar-refractivity contribution in [2.24, 2.45) is 11.7 Å². The molecule has 72 valence electrons. The average Bonchev–Trinajstić information content (AvgIpc) is 2.17. The minimum absolute atomic E-state index is 0.00694. The monoisotopic (exact) mass is 171 g/mol. The summed E-state index contributed by atoms with van der Waals surface area (Å²) in [6.07, 6.45) is 6.27. The van der Waals surface area contributed by atoms with Gasteiger partial charge in [0.25, 0.3) is 0 Å². The quantitative estimate of drug-likeness (QED) is 0.704. The molecular weight excluding hydrogens is 150 g/mol. The standard InChI is InChI=1S/C10H21NO/c1-3-9-6-4-5-7-10(9,8-11)12-2/h9H,3-8,11H2,1-2H3. The van der Waals surface area contributed by atoms with Crippen LogP contribution in [-0.4, -0.2) is 19.3 Å². The largest absolute Gasteiger partial charge is 0.377 e. The van der Waals surface area contributed by atoms with E-state index in [1.165, 1.54) is 25.7 Å². The molecule has 2 unspecified atom stereocenters. The van der Waals surface area contributed by atoms with E-state index >= 15 is 0 Å². The van der Waals surface area contributed by atoms with E-state index in [1.807, 2.05) is 0 Å². The van der Waals surface area contributed by atoms with Gasteiger partial charge in [0, 0.05) is 13.7 Å². The van der Waals surface area contributed by atoms with Gasteiger partial charge >= 0.3 is 0 Å². The fourth-order valence-corrected chi connectivity index (χ4v) is 2.48. The molecule has 0 aromatic rings. The van der Waals surface area contributed by atoms with Crippen LogP contribution in [0.1, 0.15) is 39.0 Å². The molecule has 0 heterocycles. The molecule has 0 bridgehead atoms. The van der Waals surface area contributed by atoms with Gasteiger partial charge in [0.1, 0.15) is 0 Å². The van der Waals surface area contributed by atoms with E-state index in [0.717, 1.165) is 6.42 Å². The molecule has 1 aliphatic rings. The molecule has 0 spiro atoms. The van der Waals surface area contributed by atoms with Gasteiger partial charge < -0.3 is 10.5 Å². The molecule has 0 saturated heterocycles. The van der Waals surface area contributed by atoms with Crippen molar-refractivity contribution in [1.82, 2.24) is 0 Å². The Balaban J connectivity index is 2.66. The molecule has 2 nitrogen and oxygen atoms in total. The Kier molecular flexibility index (Phi) is 3.53. The van der Waals surface area contributed by atoms with Crippen LogP contribution in [0.2, 0.25) is 0 Å². The maximum absolute atomic E-state index is 5.79. The summed E-state index contributed by atoms with van der Waals surface area (Å²) in [4.78, 5) is 0. The molecule has 0 aliphatic heterocycles. The van der Waals surface area contributed by atoms with Gasteiger partial charge in [0.2, 0.25) is 0 Å². The van der Waals surface area contributed by atoms with Crippen LogP contribution in [0.4, 0.5) is 0 Å². The molecule has 1 rings (SSSR count). The summed E-state index contributed by atoms with van der Waals surface area (Å²) in [6, 6.07) is 0. The van der Waals surface area contributed by atoms with Crippen LogP contribution in [0.25, 0.3) is 0 Å². The number of rotatable bonds is 3. The second-order valence-corrected chi connectivity index (χ2v) is 3.82. The average molecular weight is 171 g/mol. The molecule has 0 aromatic carbocycles. The first-order chi connectivity index (χ1) is 5.79. The fraction of sp³-hybridized carbons (Fsp3) is 1.00. The summed E-state index contributed by atoms with van der Waals surface area (Å²) in [6.45, 7) is 2.92. The van der Waals surface area contributed by atoms with E-state index in [4.69, 9.17) is 10.5 Å². The Morgan fingerprint density at radius 1 is 1.50 bits per heavy atom. The number of nitrogens with two attached hydrogens (primary N) is 1. The predicted octanol–water partition coefficient (Wildman–Crippen LogP) is 1.93. The van der Waals surface area contributed by atoms with Crippen LogP contribution in [0, 0.1) is 5.92 Å². The Morgan fingerprint density at radius 2 is 2.25 bits per heavy atom. The van der Waals surface area contributed by atoms with Crippen LogP contribution in [0.15, 0.2) is 0 Å². The molecule has 0 amide bonds. The zero-order chi connectivity index (χ0) is 9.03. The lowest BCUT2D eigenvalue weighted by atomic mass is 9.74. The second kappa shape index (κ2) is 4.24. The summed E-state index contributed by atoms with van der Waals surface area (Å²) < 4.78 is 5.61. The van der Waals surface area contributed by atoms with Gasteiger partial charge in [-0.05, 0) is 18.8 Å². The fourth-order valence-electron chi connectivity index (χ4n) is 2.48. The molecule has 2 N–H and O–H groups in total. The predicted molar refractivity (Wildman–Crippen MR) is 51.0 cm³/mol. The van der Waals surface area contributed by atoms with Gasteiger partial charge in [0.05, 0.1) is 5.60 Å². The molecule has 1 fully saturated rings. The van der Waals surface area contributed by atoms with Gasteiger partial charge in [0.15, 0.2) is 0 Å². The lowest BCUT2D eigenvalue weighted by Gasteiger charge is -2.42. The first kappa shape index (κ1) is 10.0. The SMILES string of the molecule is CCC1CCCCC1(CN)OC. The zero-order valence-electron chi connectivity index (χ0n) is 8.31. The summed E-state index contributed by atoms with van der Waals surface area (Å²) in [7, 11) is 1.81. The van der Waals surface area contributed by atoms with Crippen molar-refractivity contribution in [2.45, 2.75) is 44.6 Å². The molecule has 2 atom stereocenters. The second-order valence-electron chi connectivity index (χ2n) is 3.82. The number of hydrogen-bond acceptors (Lipinski definition) is 2. The maximum atomic E-state index is 5.79.